The first-order chi connectivity index (χ1) is 38.7. The number of benzene rings is 8. The fourth-order valence-electron chi connectivity index (χ4n) is 11.4. The van der Waals surface area contributed by atoms with Crippen molar-refractivity contribution in [3.8, 4) is 16.9 Å². The number of aromatic hydroxyl groups is 1. The Balaban J connectivity index is 0.807. The molecule has 0 aliphatic carbocycles. The van der Waals surface area contributed by atoms with Crippen LogP contribution in [0.25, 0.3) is 11.1 Å². The molecule has 80 heavy (non-hydrogen) atoms. The number of nitrogen functional groups attached to an aromatic ring is 1. The fraction of sp³-hybridized carbons (Fsp3) is 0.188. The van der Waals surface area contributed by atoms with Gasteiger partial charge in [0.1, 0.15) is 5.75 Å². The minimum Gasteiger partial charge on any atom is -0.508 e. The maximum atomic E-state index is 15.3. The first kappa shape index (κ1) is 51.9. The lowest BCUT2D eigenvalue weighted by atomic mass is 9.81. The molecule has 8 aromatic carbocycles. The second-order valence-corrected chi connectivity index (χ2v) is 24.9. The van der Waals surface area contributed by atoms with Crippen LogP contribution in [0.4, 0.5) is 5.69 Å². The van der Waals surface area contributed by atoms with Crippen LogP contribution in [-0.4, -0.2) is 91.0 Å². The van der Waals surface area contributed by atoms with E-state index in [9.17, 15) is 21.9 Å². The Hall–Kier alpha value is -8.86. The van der Waals surface area contributed by atoms with Crippen molar-refractivity contribution in [2.45, 2.75) is 59.0 Å². The molecule has 14 nitrogen and oxygen atoms in total. The van der Waals surface area contributed by atoms with Gasteiger partial charge in [-0.05, 0) is 106 Å². The maximum absolute atomic E-state index is 15.3. The summed E-state index contributed by atoms with van der Waals surface area (Å²) >= 11 is 0. The number of nitrogens with zero attached hydrogens (tertiary/aromatic N) is 4. The van der Waals surface area contributed by atoms with Gasteiger partial charge in [-0.2, -0.15) is 0 Å². The van der Waals surface area contributed by atoms with E-state index in [1.54, 1.807) is 89.8 Å². The predicted molar refractivity (Wildman–Crippen MR) is 305 cm³/mol. The number of sulfone groups is 2. The molecule has 1 unspecified atom stereocenters. The third-order valence-corrected chi connectivity index (χ3v) is 18.9. The van der Waals surface area contributed by atoms with E-state index in [4.69, 9.17) is 25.2 Å². The summed E-state index contributed by atoms with van der Waals surface area (Å²) in [6.07, 6.45) is -1.38. The summed E-state index contributed by atoms with van der Waals surface area (Å²) in [6.45, 7) is -0.108. The third kappa shape index (κ3) is 9.78. The van der Waals surface area contributed by atoms with E-state index in [-0.39, 0.29) is 83.8 Å². The predicted octanol–water partition coefficient (Wildman–Crippen LogP) is 9.27. The maximum Gasteiger partial charge on any atom is 0.255 e. The van der Waals surface area contributed by atoms with Gasteiger partial charge < -0.3 is 30.1 Å². The van der Waals surface area contributed by atoms with Gasteiger partial charge in [-0.25, -0.2) is 26.8 Å². The van der Waals surface area contributed by atoms with E-state index in [0.717, 1.165) is 33.4 Å². The molecule has 4 aliphatic rings. The van der Waals surface area contributed by atoms with Crippen LogP contribution in [0.1, 0.15) is 56.7 Å². The van der Waals surface area contributed by atoms with Crippen molar-refractivity contribution in [3.05, 3.63) is 251 Å². The van der Waals surface area contributed by atoms with E-state index in [0.29, 0.717) is 33.8 Å². The molecule has 4 heterocycles. The van der Waals surface area contributed by atoms with Gasteiger partial charge >= 0.3 is 0 Å². The van der Waals surface area contributed by atoms with Crippen LogP contribution in [0.15, 0.2) is 226 Å². The Morgan fingerprint density at radius 1 is 0.487 bits per heavy atom. The van der Waals surface area contributed by atoms with Gasteiger partial charge in [0, 0.05) is 67.0 Å². The van der Waals surface area contributed by atoms with Gasteiger partial charge in [-0.1, -0.05) is 133 Å². The summed E-state index contributed by atoms with van der Waals surface area (Å²) in [4.78, 5) is 44.2. The van der Waals surface area contributed by atoms with Gasteiger partial charge in [0.2, 0.25) is 11.8 Å². The molecule has 2 amide bonds. The van der Waals surface area contributed by atoms with Gasteiger partial charge in [0.05, 0.1) is 21.3 Å². The number of rotatable bonds is 15. The van der Waals surface area contributed by atoms with E-state index in [1.807, 2.05) is 121 Å². The van der Waals surface area contributed by atoms with Crippen molar-refractivity contribution < 1.29 is 41.0 Å². The van der Waals surface area contributed by atoms with Gasteiger partial charge in [0.25, 0.3) is 11.8 Å². The molecule has 0 saturated heterocycles. The van der Waals surface area contributed by atoms with Gasteiger partial charge in [0.15, 0.2) is 43.0 Å². The molecule has 16 heteroatoms. The molecule has 0 bridgehead atoms. The van der Waals surface area contributed by atoms with Crippen LogP contribution in [0.2, 0.25) is 0 Å². The van der Waals surface area contributed by atoms with Crippen LogP contribution in [0, 0.1) is 0 Å². The highest BCUT2D eigenvalue weighted by molar-refractivity contribution is 7.91. The zero-order valence-corrected chi connectivity index (χ0v) is 45.0. The quantitative estimate of drug-likeness (QED) is 0.0933. The van der Waals surface area contributed by atoms with Crippen LogP contribution in [0.3, 0.4) is 0 Å². The lowest BCUT2D eigenvalue weighted by Gasteiger charge is -2.32. The lowest BCUT2D eigenvalue weighted by Crippen LogP contribution is -2.50. The highest BCUT2D eigenvalue weighted by Crippen LogP contribution is 2.49. The fourth-order valence-corrected chi connectivity index (χ4v) is 14.0. The van der Waals surface area contributed by atoms with Crippen molar-refractivity contribution in [3.63, 3.8) is 0 Å². The Kier molecular flexibility index (Phi) is 13.4. The Morgan fingerprint density at radius 3 is 1.39 bits per heavy atom. The third-order valence-electron chi connectivity index (χ3n) is 15.5. The number of nitrogens with two attached hydrogens (primary N) is 1. The largest absolute Gasteiger partial charge is 0.508 e. The number of carbonyl (C=O) groups is 2. The van der Waals surface area contributed by atoms with E-state index in [1.165, 1.54) is 4.90 Å². The first-order valence-electron chi connectivity index (χ1n) is 26.3. The summed E-state index contributed by atoms with van der Waals surface area (Å²) in [5.74, 6) is -0.897. The molecule has 0 radical (unpaired) electrons. The number of aliphatic imine (C=N–C) groups is 2. The molecular weight excluding hydrogens is 1050 g/mol. The minimum atomic E-state index is -3.96. The highest BCUT2D eigenvalue weighted by atomic mass is 32.2. The molecule has 3 N–H and O–H groups in total. The van der Waals surface area contributed by atoms with Crippen molar-refractivity contribution in [1.82, 2.24) is 9.80 Å². The molecule has 0 spiro atoms. The SMILES string of the molecule is Nc1ccc2c(c1)CN(CCS(=O)(=O)c1ccccc1)C(=O)[C@@]1(Cc3ccccc3)N=C(c3ccc(-c4ccc(S(=O)(=O)CCN5Cc6cc(O)ccc6C6OC(c7ccccc7)=N[C@]6(Cc6ccccc6)C5=O)cc4)cc3)O[C@@H]21. The molecule has 12 rings (SSSR count). The number of fused-ring (bicyclic) bond motifs is 6. The van der Waals surface area contributed by atoms with Crippen LogP contribution < -0.4 is 5.73 Å². The molecule has 4 aliphatic heterocycles. The highest BCUT2D eigenvalue weighted by Gasteiger charge is 2.58. The normalized spacial score (nSPS) is 20.4. The van der Waals surface area contributed by atoms with Crippen LogP contribution in [-0.2, 0) is 64.7 Å². The summed E-state index contributed by atoms with van der Waals surface area (Å²) in [7, 11) is -7.71. The van der Waals surface area contributed by atoms with E-state index in [2.05, 4.69) is 0 Å². The second-order valence-electron chi connectivity index (χ2n) is 20.7. The van der Waals surface area contributed by atoms with Gasteiger partial charge in [-0.3, -0.25) is 9.59 Å². The second kappa shape index (κ2) is 20.7. The number of anilines is 1. The minimum absolute atomic E-state index is 0.00564. The van der Waals surface area contributed by atoms with Crippen molar-refractivity contribution in [1.29, 1.82) is 0 Å². The number of ether oxygens (including phenoxy) is 2. The van der Waals surface area contributed by atoms with Crippen molar-refractivity contribution in [2.75, 3.05) is 30.3 Å². The molecule has 0 aromatic heterocycles. The summed E-state index contributed by atoms with van der Waals surface area (Å²) in [5, 5.41) is 10.7. The number of phenolic OH excluding ortho intramolecular Hbond substituents is 1. The molecular formula is C64H55N5O9S2. The molecule has 0 saturated carbocycles. The molecule has 8 aromatic rings. The van der Waals surface area contributed by atoms with E-state index >= 15 is 9.59 Å². The number of hydrogen-bond donors (Lipinski definition) is 2. The average molecular weight is 1100 g/mol. The summed E-state index contributed by atoms with van der Waals surface area (Å²) in [6, 6.07) is 61.0. The van der Waals surface area contributed by atoms with Gasteiger partial charge in [-0.15, -0.1) is 0 Å². The van der Waals surface area contributed by atoms with Crippen molar-refractivity contribution >= 4 is 49.0 Å². The monoisotopic (exact) mass is 1100 g/mol. The Morgan fingerprint density at radius 2 is 0.887 bits per heavy atom. The number of amides is 2. The summed E-state index contributed by atoms with van der Waals surface area (Å²) in [5.41, 5.74) is 11.1. The standard InChI is InChI=1S/C64H55N5O9S2/c65-51-27-31-55-49(37-51)41-68(33-35-79(73,74)53-19-11-4-12-20-53)61(71)63(39-43-13-5-1-6-14-43)57(55)78-60(67-63)48-23-21-45(22-24-48)46-25-29-54(30-26-46)80(75,76)36-34-69-42-50-38-52(70)28-32-56(50)58-64(62(69)72,40-44-15-7-2-8-16-44)66-59(77-58)47-17-9-3-10-18-47/h1-32,37-38,57-58,70H,33-36,39-42,65H2/t57-,58?,63-,64-/m0/s1. The molecule has 4 atom stereocenters. The zero-order valence-electron chi connectivity index (χ0n) is 43.3. The Labute approximate surface area is 464 Å². The topological polar surface area (TPSA) is 198 Å². The number of hydrogen-bond acceptors (Lipinski definition) is 12. The first-order valence-corrected chi connectivity index (χ1v) is 29.7. The van der Waals surface area contributed by atoms with E-state index < -0.39 is 43.0 Å². The average Bonchev–Trinajstić information content (AvgIpc) is 4.11. The summed E-state index contributed by atoms with van der Waals surface area (Å²) < 4.78 is 69.2. The number of phenols is 1. The van der Waals surface area contributed by atoms with Crippen LogP contribution >= 0.6 is 0 Å². The number of carbonyl (C=O) groups excluding carboxylic acids is 2. The van der Waals surface area contributed by atoms with Crippen molar-refractivity contribution in [2.24, 2.45) is 9.98 Å². The Bertz CT molecular complexity index is 3960. The molecule has 0 fully saturated rings. The zero-order chi connectivity index (χ0) is 55.2. The lowest BCUT2D eigenvalue weighted by molar-refractivity contribution is -0.140. The smallest absolute Gasteiger partial charge is 0.255 e. The van der Waals surface area contributed by atoms with Crippen LogP contribution in [0.5, 0.6) is 5.75 Å². The molecule has 402 valence electrons.